The van der Waals surface area contributed by atoms with Crippen LogP contribution < -0.4 is 0 Å². The largest absolute Gasteiger partial charge is 0.361 e. The fourth-order valence-corrected chi connectivity index (χ4v) is 3.01. The second-order valence-corrected chi connectivity index (χ2v) is 5.76. The minimum absolute atomic E-state index is 0.201. The van der Waals surface area contributed by atoms with Crippen molar-refractivity contribution in [3.8, 4) is 0 Å². The van der Waals surface area contributed by atoms with Gasteiger partial charge in [-0.05, 0) is 33.1 Å². The second kappa shape index (κ2) is 6.29. The monoisotopic (exact) mass is 303 g/mol. The molecule has 7 heteroatoms. The first kappa shape index (κ1) is 14.7. The van der Waals surface area contributed by atoms with Gasteiger partial charge >= 0.3 is 0 Å². The number of carbonyl (C=O) groups excluding carboxylic acids is 1. The van der Waals surface area contributed by atoms with Gasteiger partial charge in [0.25, 0.3) is 0 Å². The summed E-state index contributed by atoms with van der Waals surface area (Å²) >= 11 is 0. The van der Waals surface area contributed by atoms with E-state index in [4.69, 9.17) is 4.52 Å². The molecule has 0 radical (unpaired) electrons. The van der Waals surface area contributed by atoms with Crippen molar-refractivity contribution in [1.29, 1.82) is 0 Å². The lowest BCUT2D eigenvalue weighted by molar-refractivity contribution is -0.132. The third-order valence-electron chi connectivity index (χ3n) is 4.35. The van der Waals surface area contributed by atoms with E-state index in [1.165, 1.54) is 0 Å². The van der Waals surface area contributed by atoms with Gasteiger partial charge in [-0.1, -0.05) is 5.16 Å². The second-order valence-electron chi connectivity index (χ2n) is 5.76. The fourth-order valence-electron chi connectivity index (χ4n) is 3.01. The molecule has 1 aliphatic heterocycles. The molecular weight excluding hydrogens is 282 g/mol. The number of piperidine rings is 1. The third-order valence-corrected chi connectivity index (χ3v) is 4.35. The Kier molecular flexibility index (Phi) is 4.22. The number of hydrogen-bond donors (Lipinski definition) is 0. The summed E-state index contributed by atoms with van der Waals surface area (Å²) in [5, 5.41) is 12.3. The lowest BCUT2D eigenvalue weighted by Gasteiger charge is -2.31. The van der Waals surface area contributed by atoms with E-state index in [9.17, 15) is 4.79 Å². The van der Waals surface area contributed by atoms with E-state index in [1.807, 2.05) is 18.7 Å². The maximum Gasteiger partial charge on any atom is 0.222 e. The van der Waals surface area contributed by atoms with Gasteiger partial charge in [0, 0.05) is 25.1 Å². The molecule has 3 rings (SSSR count). The van der Waals surface area contributed by atoms with Crippen LogP contribution in [0.5, 0.6) is 0 Å². The third kappa shape index (κ3) is 3.03. The van der Waals surface area contributed by atoms with Crippen LogP contribution in [-0.4, -0.2) is 44.0 Å². The number of amides is 1. The molecule has 3 heterocycles. The smallest absolute Gasteiger partial charge is 0.222 e. The first-order valence-electron chi connectivity index (χ1n) is 7.70. The van der Waals surface area contributed by atoms with Gasteiger partial charge in [0.1, 0.15) is 5.76 Å². The van der Waals surface area contributed by atoms with Crippen molar-refractivity contribution in [2.24, 2.45) is 0 Å². The number of likely N-dealkylation sites (tertiary alicyclic amines) is 1. The molecule has 1 aliphatic rings. The van der Waals surface area contributed by atoms with Crippen LogP contribution in [0.25, 0.3) is 0 Å². The summed E-state index contributed by atoms with van der Waals surface area (Å²) in [4.78, 5) is 16.0. The van der Waals surface area contributed by atoms with Crippen LogP contribution in [0.2, 0.25) is 0 Å². The molecular formula is C15H21N5O2. The first-order chi connectivity index (χ1) is 10.6. The van der Waals surface area contributed by atoms with Gasteiger partial charge in [-0.2, -0.15) is 15.0 Å². The molecule has 1 fully saturated rings. The van der Waals surface area contributed by atoms with Gasteiger partial charge in [-0.25, -0.2) is 0 Å². The minimum Gasteiger partial charge on any atom is -0.361 e. The van der Waals surface area contributed by atoms with Crippen LogP contribution >= 0.6 is 0 Å². The van der Waals surface area contributed by atoms with Crippen molar-refractivity contribution in [2.45, 2.75) is 45.6 Å². The molecule has 1 amide bonds. The normalized spacial score (nSPS) is 16.2. The Morgan fingerprint density at radius 3 is 2.55 bits per heavy atom. The minimum atomic E-state index is 0.201. The van der Waals surface area contributed by atoms with Crippen molar-refractivity contribution >= 4 is 5.91 Å². The zero-order valence-electron chi connectivity index (χ0n) is 13.0. The van der Waals surface area contributed by atoms with Crippen LogP contribution in [0.4, 0.5) is 0 Å². The number of carbonyl (C=O) groups is 1. The Labute approximate surface area is 129 Å². The van der Waals surface area contributed by atoms with E-state index < -0.39 is 0 Å². The Morgan fingerprint density at radius 2 is 1.95 bits per heavy atom. The zero-order chi connectivity index (χ0) is 15.5. The van der Waals surface area contributed by atoms with Crippen LogP contribution in [0.1, 0.15) is 42.3 Å². The summed E-state index contributed by atoms with van der Waals surface area (Å²) in [6.45, 7) is 5.35. The lowest BCUT2D eigenvalue weighted by atomic mass is 10.0. The van der Waals surface area contributed by atoms with Gasteiger partial charge in [0.05, 0.1) is 24.1 Å². The van der Waals surface area contributed by atoms with Crippen LogP contribution in [0, 0.1) is 13.8 Å². The molecule has 1 saturated heterocycles. The van der Waals surface area contributed by atoms with E-state index in [0.29, 0.717) is 18.9 Å². The molecule has 0 atom stereocenters. The molecule has 0 N–H and O–H groups in total. The van der Waals surface area contributed by atoms with Crippen molar-refractivity contribution in [3.05, 3.63) is 29.4 Å². The van der Waals surface area contributed by atoms with Gasteiger partial charge in [-0.15, -0.1) is 0 Å². The summed E-state index contributed by atoms with van der Waals surface area (Å²) in [5.74, 6) is 1.01. The average Bonchev–Trinajstić information content (AvgIpc) is 3.17. The molecule has 0 saturated carbocycles. The van der Waals surface area contributed by atoms with E-state index >= 15 is 0 Å². The molecule has 22 heavy (non-hydrogen) atoms. The number of rotatable bonds is 4. The summed E-state index contributed by atoms with van der Waals surface area (Å²) < 4.78 is 5.14. The molecule has 0 unspecified atom stereocenters. The summed E-state index contributed by atoms with van der Waals surface area (Å²) in [6.07, 6.45) is 6.41. The lowest BCUT2D eigenvalue weighted by Crippen LogP contribution is -2.39. The maximum absolute atomic E-state index is 12.3. The van der Waals surface area contributed by atoms with Gasteiger partial charge in [-0.3, -0.25) is 4.79 Å². The maximum atomic E-state index is 12.3. The molecule has 2 aromatic heterocycles. The van der Waals surface area contributed by atoms with E-state index in [1.54, 1.807) is 17.2 Å². The molecule has 0 aliphatic carbocycles. The van der Waals surface area contributed by atoms with Crippen LogP contribution in [-0.2, 0) is 11.2 Å². The summed E-state index contributed by atoms with van der Waals surface area (Å²) in [6, 6.07) is 0.307. The predicted molar refractivity (Wildman–Crippen MR) is 79.2 cm³/mol. The molecule has 7 nitrogen and oxygen atoms in total. The van der Waals surface area contributed by atoms with Crippen molar-refractivity contribution in [1.82, 2.24) is 25.1 Å². The number of nitrogens with zero attached hydrogens (tertiary/aromatic N) is 5. The average molecular weight is 303 g/mol. The van der Waals surface area contributed by atoms with Crippen LogP contribution in [0.15, 0.2) is 16.9 Å². The Bertz CT molecular complexity index is 607. The number of aryl methyl sites for hydroxylation is 2. The van der Waals surface area contributed by atoms with Gasteiger partial charge in [0.15, 0.2) is 0 Å². The molecule has 118 valence electrons. The number of hydrogen-bond acceptors (Lipinski definition) is 5. The Morgan fingerprint density at radius 1 is 1.27 bits per heavy atom. The zero-order valence-corrected chi connectivity index (χ0v) is 13.0. The molecule has 0 aromatic carbocycles. The Hall–Kier alpha value is -2.18. The quantitative estimate of drug-likeness (QED) is 0.859. The Balaban J connectivity index is 1.50. The number of aromatic nitrogens is 4. The highest BCUT2D eigenvalue weighted by Gasteiger charge is 2.24. The molecule has 2 aromatic rings. The topological polar surface area (TPSA) is 77.0 Å². The summed E-state index contributed by atoms with van der Waals surface area (Å²) in [7, 11) is 0. The van der Waals surface area contributed by atoms with Crippen LogP contribution in [0.3, 0.4) is 0 Å². The van der Waals surface area contributed by atoms with E-state index in [2.05, 4.69) is 15.4 Å². The fraction of sp³-hybridized carbons (Fsp3) is 0.600. The van der Waals surface area contributed by atoms with Crippen molar-refractivity contribution in [3.63, 3.8) is 0 Å². The SMILES string of the molecule is Cc1noc(C)c1CCC(=O)N1CCC(n2nccn2)CC1. The van der Waals surface area contributed by atoms with E-state index in [0.717, 1.165) is 42.9 Å². The highest BCUT2D eigenvalue weighted by molar-refractivity contribution is 5.76. The molecule has 0 bridgehead atoms. The van der Waals surface area contributed by atoms with E-state index in [-0.39, 0.29) is 5.91 Å². The highest BCUT2D eigenvalue weighted by Crippen LogP contribution is 2.22. The standard InChI is InChI=1S/C15H21N5O2/c1-11-14(12(2)22-18-11)3-4-15(21)19-9-5-13(6-10-19)20-16-7-8-17-20/h7-8,13H,3-6,9-10H2,1-2H3. The highest BCUT2D eigenvalue weighted by atomic mass is 16.5. The van der Waals surface area contributed by atoms with Gasteiger partial charge < -0.3 is 9.42 Å². The summed E-state index contributed by atoms with van der Waals surface area (Å²) in [5.41, 5.74) is 1.94. The van der Waals surface area contributed by atoms with Gasteiger partial charge in [0.2, 0.25) is 5.91 Å². The predicted octanol–water partition coefficient (Wildman–Crippen LogP) is 1.68. The van der Waals surface area contributed by atoms with Crippen molar-refractivity contribution < 1.29 is 9.32 Å². The molecule has 0 spiro atoms. The van der Waals surface area contributed by atoms with Crippen molar-refractivity contribution in [2.75, 3.05) is 13.1 Å². The first-order valence-corrected chi connectivity index (χ1v) is 7.70.